The molecule has 1 aliphatic carbocycles. The number of fused-ring (bicyclic) bond motifs is 7. The summed E-state index contributed by atoms with van der Waals surface area (Å²) in [6.07, 6.45) is 4.09. The quantitative estimate of drug-likeness (QED) is 0.208. The Morgan fingerprint density at radius 2 is 1.85 bits per heavy atom. The van der Waals surface area contributed by atoms with Crippen LogP contribution in [-0.4, -0.2) is 82.9 Å². The van der Waals surface area contributed by atoms with Gasteiger partial charge in [0.15, 0.2) is 0 Å². The summed E-state index contributed by atoms with van der Waals surface area (Å²) < 4.78 is 10.8. The zero-order chi connectivity index (χ0) is 29.3. The number of carbonyl (C=O) groups is 6. The molecule has 14 heteroatoms. The smallest absolute Gasteiger partial charge is 0.326 e. The second-order valence-corrected chi connectivity index (χ2v) is 13.6. The lowest BCUT2D eigenvalue weighted by Crippen LogP contribution is -2.66. The molecule has 0 aromatic heterocycles. The molecule has 2 heterocycles. The monoisotopic (exact) mass is 598 g/mol. The molecule has 1 spiro atoms. The van der Waals surface area contributed by atoms with Gasteiger partial charge in [0, 0.05) is 17.9 Å². The molecular formula is C26H38N4O8S2. The summed E-state index contributed by atoms with van der Waals surface area (Å²) in [6, 6.07) is -2.17. The average molecular weight is 599 g/mol. The Bertz CT molecular complexity index is 1020. The van der Waals surface area contributed by atoms with Gasteiger partial charge in [-0.05, 0) is 59.0 Å². The molecule has 0 unspecified atom stereocenters. The van der Waals surface area contributed by atoms with E-state index in [-0.39, 0.29) is 25.0 Å². The van der Waals surface area contributed by atoms with E-state index in [1.807, 2.05) is 0 Å². The van der Waals surface area contributed by atoms with E-state index in [2.05, 4.69) is 21.3 Å². The van der Waals surface area contributed by atoms with Crippen LogP contribution >= 0.6 is 21.6 Å². The summed E-state index contributed by atoms with van der Waals surface area (Å²) in [5.74, 6) is -2.69. The third-order valence-electron chi connectivity index (χ3n) is 6.45. The molecular weight excluding hydrogens is 560 g/mol. The van der Waals surface area contributed by atoms with Crippen molar-refractivity contribution < 1.29 is 38.2 Å². The largest absolute Gasteiger partial charge is 0.460 e. The van der Waals surface area contributed by atoms with Crippen LogP contribution in [0.4, 0.5) is 0 Å². The first kappa shape index (κ1) is 31.8. The average Bonchev–Trinajstić information content (AvgIpc) is 2.83. The van der Waals surface area contributed by atoms with Crippen molar-refractivity contribution in [1.29, 1.82) is 0 Å². The van der Waals surface area contributed by atoms with E-state index in [0.29, 0.717) is 31.4 Å². The lowest BCUT2D eigenvalue weighted by Gasteiger charge is -2.41. The van der Waals surface area contributed by atoms with Crippen molar-refractivity contribution >= 4 is 57.2 Å². The molecule has 0 aromatic rings. The van der Waals surface area contributed by atoms with Crippen LogP contribution in [0, 0.1) is 0 Å². The third kappa shape index (κ3) is 9.72. The standard InChI is InChI=1S/C26H38N4O8S2/c1-25(2,3)38-20(32)9-8-17-22(34)29-18-15-40-39-12-5-4-7-16(13-19(31)28-17)37-21(33)14-27-24(36)26(10-6-11-26)30-23(18)35/h4,7,16-18H,5-6,8-15H2,1-3H3,(H,27,36)(H,28,31)(H,29,34)(H,30,35)/b7-4+/t16-,17-,18-/m1/s1. The highest BCUT2D eigenvalue weighted by atomic mass is 33.1. The van der Waals surface area contributed by atoms with Crippen molar-refractivity contribution in [3.05, 3.63) is 12.2 Å². The number of esters is 2. The van der Waals surface area contributed by atoms with E-state index < -0.39 is 71.4 Å². The minimum absolute atomic E-state index is 0.0741. The van der Waals surface area contributed by atoms with Gasteiger partial charge in [0.2, 0.25) is 23.6 Å². The highest BCUT2D eigenvalue weighted by Gasteiger charge is 2.46. The highest BCUT2D eigenvalue weighted by molar-refractivity contribution is 8.76. The molecule has 3 atom stereocenters. The van der Waals surface area contributed by atoms with Gasteiger partial charge in [0.05, 0.1) is 6.42 Å². The number of hydrogen-bond acceptors (Lipinski definition) is 10. The van der Waals surface area contributed by atoms with Crippen LogP contribution in [0.15, 0.2) is 12.2 Å². The predicted molar refractivity (Wildman–Crippen MR) is 150 cm³/mol. The van der Waals surface area contributed by atoms with Crippen LogP contribution in [0.2, 0.25) is 0 Å². The SMILES string of the molecule is CC(C)(C)OC(=O)CC[C@H]1NC(=O)C[C@H]2/C=C/CCSSC[C@@H](NC1=O)C(=O)NC1(CCC1)C(=O)NCC(=O)O2. The van der Waals surface area contributed by atoms with Gasteiger partial charge in [-0.1, -0.05) is 27.7 Å². The van der Waals surface area contributed by atoms with E-state index in [1.165, 1.54) is 21.6 Å². The van der Waals surface area contributed by atoms with Gasteiger partial charge in [-0.15, -0.1) is 0 Å². The van der Waals surface area contributed by atoms with E-state index in [1.54, 1.807) is 32.9 Å². The topological polar surface area (TPSA) is 169 Å². The Morgan fingerprint density at radius 3 is 2.52 bits per heavy atom. The fourth-order valence-corrected chi connectivity index (χ4v) is 6.45. The number of carbonyl (C=O) groups excluding carboxylic acids is 6. The second kappa shape index (κ2) is 14.2. The minimum Gasteiger partial charge on any atom is -0.460 e. The van der Waals surface area contributed by atoms with Crippen molar-refractivity contribution in [3.63, 3.8) is 0 Å². The van der Waals surface area contributed by atoms with Crippen LogP contribution in [0.3, 0.4) is 0 Å². The first-order valence-corrected chi connectivity index (χ1v) is 15.9. The van der Waals surface area contributed by atoms with E-state index in [0.717, 1.165) is 0 Å². The maximum atomic E-state index is 13.4. The Balaban J connectivity index is 1.91. The number of hydrogen-bond donors (Lipinski definition) is 4. The summed E-state index contributed by atoms with van der Waals surface area (Å²) in [4.78, 5) is 77.7. The van der Waals surface area contributed by atoms with E-state index in [4.69, 9.17) is 9.47 Å². The minimum atomic E-state index is -1.19. The lowest BCUT2D eigenvalue weighted by molar-refractivity contribution is -0.155. The molecule has 1 saturated carbocycles. The predicted octanol–water partition coefficient (Wildman–Crippen LogP) is 0.890. The summed E-state index contributed by atoms with van der Waals surface area (Å²) in [6.45, 7) is 4.75. The maximum Gasteiger partial charge on any atom is 0.326 e. The van der Waals surface area contributed by atoms with Gasteiger partial charge < -0.3 is 30.7 Å². The maximum absolute atomic E-state index is 13.4. The van der Waals surface area contributed by atoms with Gasteiger partial charge in [-0.2, -0.15) is 0 Å². The fourth-order valence-electron chi connectivity index (χ4n) is 4.30. The molecule has 0 aromatic carbocycles. The van der Waals surface area contributed by atoms with Crippen molar-refractivity contribution in [2.75, 3.05) is 18.1 Å². The van der Waals surface area contributed by atoms with Gasteiger partial charge in [0.1, 0.15) is 35.9 Å². The zero-order valence-corrected chi connectivity index (χ0v) is 24.7. The molecule has 4 amide bonds. The molecule has 222 valence electrons. The number of rotatable bonds is 3. The Kier molecular flexibility index (Phi) is 11.3. The lowest BCUT2D eigenvalue weighted by atomic mass is 9.75. The molecule has 2 bridgehead atoms. The third-order valence-corrected chi connectivity index (χ3v) is 8.89. The van der Waals surface area contributed by atoms with Crippen LogP contribution < -0.4 is 21.3 Å². The Morgan fingerprint density at radius 1 is 1.10 bits per heavy atom. The molecule has 0 radical (unpaired) electrons. The van der Waals surface area contributed by atoms with Gasteiger partial charge in [0.25, 0.3) is 0 Å². The van der Waals surface area contributed by atoms with Crippen molar-refractivity contribution in [3.8, 4) is 0 Å². The summed E-state index contributed by atoms with van der Waals surface area (Å²) in [7, 11) is 2.90. The number of ether oxygens (including phenoxy) is 2. The number of allylic oxidation sites excluding steroid dienone is 1. The van der Waals surface area contributed by atoms with Gasteiger partial charge >= 0.3 is 11.9 Å². The molecule has 4 N–H and O–H groups in total. The van der Waals surface area contributed by atoms with Gasteiger partial charge in [-0.25, -0.2) is 0 Å². The van der Waals surface area contributed by atoms with E-state index in [9.17, 15) is 28.8 Å². The molecule has 3 aliphatic rings. The number of amides is 4. The summed E-state index contributed by atoms with van der Waals surface area (Å²) >= 11 is 0. The first-order chi connectivity index (χ1) is 18.9. The molecule has 3 rings (SSSR count). The first-order valence-electron chi connectivity index (χ1n) is 13.4. The van der Waals surface area contributed by atoms with Crippen molar-refractivity contribution in [2.24, 2.45) is 0 Å². The van der Waals surface area contributed by atoms with Gasteiger partial charge in [-0.3, -0.25) is 28.8 Å². The van der Waals surface area contributed by atoms with E-state index >= 15 is 0 Å². The van der Waals surface area contributed by atoms with Crippen molar-refractivity contribution in [2.45, 2.75) is 95.0 Å². The van der Waals surface area contributed by atoms with Crippen LogP contribution in [-0.2, 0) is 38.2 Å². The molecule has 40 heavy (non-hydrogen) atoms. The van der Waals surface area contributed by atoms with Crippen molar-refractivity contribution in [1.82, 2.24) is 21.3 Å². The fraction of sp³-hybridized carbons (Fsp3) is 0.692. The second-order valence-electron chi connectivity index (χ2n) is 11.0. The molecule has 1 saturated heterocycles. The van der Waals surface area contributed by atoms with Crippen LogP contribution in [0.5, 0.6) is 0 Å². The van der Waals surface area contributed by atoms with Crippen LogP contribution in [0.25, 0.3) is 0 Å². The molecule has 2 aliphatic heterocycles. The molecule has 12 nitrogen and oxygen atoms in total. The van der Waals surface area contributed by atoms with Crippen LogP contribution in [0.1, 0.15) is 65.7 Å². The Hall–Kier alpha value is -2.74. The summed E-state index contributed by atoms with van der Waals surface area (Å²) in [5.41, 5.74) is -1.91. The zero-order valence-electron chi connectivity index (χ0n) is 23.0. The Labute approximate surface area is 241 Å². The molecule has 2 fully saturated rings. The number of nitrogens with one attached hydrogen (secondary N) is 4. The normalized spacial score (nSPS) is 27.6. The highest BCUT2D eigenvalue weighted by Crippen LogP contribution is 2.32. The summed E-state index contributed by atoms with van der Waals surface area (Å²) in [5, 5.41) is 10.7.